The number of esters is 1. The number of benzene rings is 1. The van der Waals surface area contributed by atoms with E-state index < -0.39 is 0 Å². The van der Waals surface area contributed by atoms with Gasteiger partial charge >= 0.3 is 5.97 Å². The molecule has 4 rings (SSSR count). The fourth-order valence-electron chi connectivity index (χ4n) is 5.58. The van der Waals surface area contributed by atoms with Crippen LogP contribution in [0.15, 0.2) is 29.1 Å². The Morgan fingerprint density at radius 2 is 1.71 bits per heavy atom. The van der Waals surface area contributed by atoms with Crippen molar-refractivity contribution in [2.75, 3.05) is 45.9 Å². The van der Waals surface area contributed by atoms with Crippen LogP contribution in [-0.4, -0.2) is 52.9 Å². The van der Waals surface area contributed by atoms with Crippen molar-refractivity contribution in [3.63, 3.8) is 0 Å². The summed E-state index contributed by atoms with van der Waals surface area (Å²) in [6.07, 6.45) is 2.48. The molecule has 1 fully saturated rings. The Hall–Kier alpha value is -3.75. The molecule has 1 aliphatic carbocycles. The average molecular weight is 525 g/mol. The topological polar surface area (TPSA) is 103 Å². The first-order chi connectivity index (χ1) is 18.3. The minimum absolute atomic E-state index is 0.140. The van der Waals surface area contributed by atoms with Crippen LogP contribution in [0.3, 0.4) is 0 Å². The first kappa shape index (κ1) is 27.3. The van der Waals surface area contributed by atoms with E-state index in [1.807, 2.05) is 23.1 Å². The molecule has 2 aromatic carbocycles. The van der Waals surface area contributed by atoms with Crippen LogP contribution in [0.5, 0.6) is 17.2 Å². The quantitative estimate of drug-likeness (QED) is 0.548. The van der Waals surface area contributed by atoms with E-state index in [2.05, 4.69) is 5.32 Å². The number of nitrogens with zero attached hydrogens (tertiary/aromatic N) is 1. The summed E-state index contributed by atoms with van der Waals surface area (Å²) in [5, 5.41) is 3.03. The van der Waals surface area contributed by atoms with Gasteiger partial charge in [0.05, 0.1) is 45.6 Å². The van der Waals surface area contributed by atoms with Gasteiger partial charge in [0.1, 0.15) is 0 Å². The predicted molar refractivity (Wildman–Crippen MR) is 144 cm³/mol. The molecule has 0 bridgehead atoms. The molecule has 1 atom stereocenters. The van der Waals surface area contributed by atoms with Crippen LogP contribution in [-0.2, 0) is 20.7 Å². The lowest BCUT2D eigenvalue weighted by atomic mass is 9.95. The molecule has 0 spiro atoms. The average Bonchev–Trinajstić information content (AvgIpc) is 3.16. The van der Waals surface area contributed by atoms with Crippen LogP contribution in [0.2, 0.25) is 0 Å². The Bertz CT molecular complexity index is 1270. The number of rotatable bonds is 7. The molecule has 2 aromatic rings. The molecule has 2 aliphatic rings. The smallest absolute Gasteiger partial charge is 0.309 e. The monoisotopic (exact) mass is 524 g/mol. The number of fused-ring (bicyclic) bond motifs is 3. The van der Waals surface area contributed by atoms with Gasteiger partial charge in [0, 0.05) is 25.6 Å². The number of ether oxygens (including phenoxy) is 4. The Morgan fingerprint density at radius 1 is 1.00 bits per heavy atom. The Labute approximate surface area is 223 Å². The molecule has 1 heterocycles. The van der Waals surface area contributed by atoms with E-state index in [1.165, 1.54) is 6.92 Å². The third-order valence-corrected chi connectivity index (χ3v) is 7.35. The third-order valence-electron chi connectivity index (χ3n) is 7.35. The molecule has 204 valence electrons. The number of nitrogens with one attached hydrogen (secondary N) is 1. The maximum absolute atomic E-state index is 13.6. The van der Waals surface area contributed by atoms with Crippen molar-refractivity contribution in [2.45, 2.75) is 45.6 Å². The Morgan fingerprint density at radius 3 is 2.32 bits per heavy atom. The molecule has 0 saturated carbocycles. The molecular weight excluding hydrogens is 488 g/mol. The zero-order chi connectivity index (χ0) is 27.4. The molecule has 9 nitrogen and oxygen atoms in total. The second-order valence-electron chi connectivity index (χ2n) is 9.58. The fraction of sp³-hybridized carbons (Fsp3) is 0.483. The molecule has 0 radical (unpaired) electrons. The summed E-state index contributed by atoms with van der Waals surface area (Å²) in [6, 6.07) is 6.97. The standard InChI is InChI=1S/C29H36N2O7/c1-6-38-29(34)18-11-13-31(14-12-18)23-10-8-20-21(16-24(23)33)22(30-17(2)32)9-7-19-15-25(35-3)27(36-4)28(37-5)26(19)20/h8,10,15-16,18,22H,6-7,9,11-14H2,1-5H3,(H,30,32). The van der Waals surface area contributed by atoms with Crippen LogP contribution in [0.25, 0.3) is 11.1 Å². The van der Waals surface area contributed by atoms with Gasteiger partial charge in [-0.2, -0.15) is 0 Å². The molecule has 1 saturated heterocycles. The van der Waals surface area contributed by atoms with Gasteiger partial charge in [-0.1, -0.05) is 6.07 Å². The van der Waals surface area contributed by atoms with Crippen molar-refractivity contribution in [3.05, 3.63) is 45.6 Å². The molecule has 0 aromatic heterocycles. The van der Waals surface area contributed by atoms with Crippen LogP contribution in [0, 0.1) is 5.92 Å². The van der Waals surface area contributed by atoms with E-state index in [4.69, 9.17) is 18.9 Å². The normalized spacial score (nSPS) is 17.0. The number of carbonyl (C=O) groups excluding carboxylic acids is 2. The van der Waals surface area contributed by atoms with E-state index >= 15 is 0 Å². The van der Waals surface area contributed by atoms with Gasteiger partial charge in [0.2, 0.25) is 17.1 Å². The molecule has 1 amide bonds. The van der Waals surface area contributed by atoms with Crippen LogP contribution in [0.4, 0.5) is 5.69 Å². The molecule has 9 heteroatoms. The summed E-state index contributed by atoms with van der Waals surface area (Å²) in [5.41, 5.74) is 3.72. The Kier molecular flexibility index (Phi) is 8.44. The number of carbonyl (C=O) groups is 2. The number of hydrogen-bond acceptors (Lipinski definition) is 8. The summed E-state index contributed by atoms with van der Waals surface area (Å²) < 4.78 is 22.3. The van der Waals surface area contributed by atoms with E-state index in [1.54, 1.807) is 34.3 Å². The number of piperidine rings is 1. The van der Waals surface area contributed by atoms with Crippen molar-refractivity contribution >= 4 is 17.6 Å². The van der Waals surface area contributed by atoms with E-state index in [9.17, 15) is 14.4 Å². The van der Waals surface area contributed by atoms with Crippen LogP contribution < -0.4 is 29.9 Å². The van der Waals surface area contributed by atoms with Gasteiger partial charge in [-0.25, -0.2) is 0 Å². The van der Waals surface area contributed by atoms with Crippen molar-refractivity contribution < 1.29 is 28.5 Å². The number of hydrogen-bond donors (Lipinski definition) is 1. The number of anilines is 1. The highest BCUT2D eigenvalue weighted by Crippen LogP contribution is 2.50. The summed E-state index contributed by atoms with van der Waals surface area (Å²) in [4.78, 5) is 40.0. The molecule has 1 aliphatic heterocycles. The van der Waals surface area contributed by atoms with Crippen molar-refractivity contribution in [3.8, 4) is 28.4 Å². The second kappa shape index (κ2) is 11.8. The summed E-state index contributed by atoms with van der Waals surface area (Å²) in [7, 11) is 4.72. The lowest BCUT2D eigenvalue weighted by Gasteiger charge is -2.31. The van der Waals surface area contributed by atoms with Gasteiger partial charge in [-0.3, -0.25) is 14.4 Å². The van der Waals surface area contributed by atoms with Crippen LogP contribution >= 0.6 is 0 Å². The fourth-order valence-corrected chi connectivity index (χ4v) is 5.58. The van der Waals surface area contributed by atoms with Gasteiger partial charge in [0.15, 0.2) is 11.5 Å². The summed E-state index contributed by atoms with van der Waals surface area (Å²) >= 11 is 0. The Balaban J connectivity index is 1.84. The molecule has 1 N–H and O–H groups in total. The molecular formula is C29H36N2O7. The predicted octanol–water partition coefficient (Wildman–Crippen LogP) is 3.64. The van der Waals surface area contributed by atoms with Gasteiger partial charge < -0.3 is 29.2 Å². The number of amides is 1. The minimum atomic E-state index is -0.362. The summed E-state index contributed by atoms with van der Waals surface area (Å²) in [5.74, 6) is 1.03. The maximum atomic E-state index is 13.6. The number of methoxy groups -OCH3 is 3. The first-order valence-electron chi connectivity index (χ1n) is 13.0. The maximum Gasteiger partial charge on any atom is 0.309 e. The SMILES string of the molecule is CCOC(=O)C1CCN(c2ccc3c(cc2=O)C(NC(C)=O)CCc2cc(OC)c(OC)c(OC)c2-3)CC1. The number of aryl methyl sites for hydroxylation is 1. The third kappa shape index (κ3) is 5.28. The van der Waals surface area contributed by atoms with E-state index in [0.717, 1.165) is 22.3 Å². The lowest BCUT2D eigenvalue weighted by Crippen LogP contribution is -2.38. The summed E-state index contributed by atoms with van der Waals surface area (Å²) in [6.45, 7) is 4.80. The molecule has 38 heavy (non-hydrogen) atoms. The van der Waals surface area contributed by atoms with Gasteiger partial charge in [0.25, 0.3) is 0 Å². The zero-order valence-electron chi connectivity index (χ0n) is 22.7. The lowest BCUT2D eigenvalue weighted by molar-refractivity contribution is -0.148. The first-order valence-corrected chi connectivity index (χ1v) is 13.0. The van der Waals surface area contributed by atoms with Crippen molar-refractivity contribution in [1.29, 1.82) is 0 Å². The minimum Gasteiger partial charge on any atom is -0.493 e. The van der Waals surface area contributed by atoms with E-state index in [0.29, 0.717) is 68.3 Å². The highest BCUT2D eigenvalue weighted by atomic mass is 16.5. The largest absolute Gasteiger partial charge is 0.493 e. The van der Waals surface area contributed by atoms with Gasteiger partial charge in [-0.15, -0.1) is 0 Å². The highest BCUT2D eigenvalue weighted by molar-refractivity contribution is 5.84. The second-order valence-corrected chi connectivity index (χ2v) is 9.58. The van der Waals surface area contributed by atoms with Crippen molar-refractivity contribution in [2.24, 2.45) is 5.92 Å². The van der Waals surface area contributed by atoms with Crippen LogP contribution in [0.1, 0.15) is 50.3 Å². The van der Waals surface area contributed by atoms with E-state index in [-0.39, 0.29) is 29.3 Å². The van der Waals surface area contributed by atoms with Gasteiger partial charge in [-0.05, 0) is 67.5 Å². The zero-order valence-corrected chi connectivity index (χ0v) is 22.7. The molecule has 1 unspecified atom stereocenters. The highest BCUT2D eigenvalue weighted by Gasteiger charge is 2.31. The van der Waals surface area contributed by atoms with Crippen molar-refractivity contribution in [1.82, 2.24) is 5.32 Å².